The van der Waals surface area contributed by atoms with Crippen LogP contribution in [-0.4, -0.2) is 44.0 Å². The maximum Gasteiger partial charge on any atom is 0.264 e. The Morgan fingerprint density at radius 3 is 2.29 bits per heavy atom. The maximum absolute atomic E-state index is 11.4. The second-order valence-electron chi connectivity index (χ2n) is 12.9. The number of para-hydroxylation sites is 1. The molecule has 1 aliphatic rings. The van der Waals surface area contributed by atoms with Gasteiger partial charge in [-0.15, -0.1) is 0 Å². The topological polar surface area (TPSA) is 138 Å². The summed E-state index contributed by atoms with van der Waals surface area (Å²) in [6.45, 7) is 3.08. The summed E-state index contributed by atoms with van der Waals surface area (Å²) in [5.41, 5.74) is 6.50. The minimum Gasteiger partial charge on any atom is -0.456 e. The number of benzene rings is 4. The molecule has 0 unspecified atom stereocenters. The molecule has 1 aliphatic heterocycles. The number of furan rings is 1. The summed E-state index contributed by atoms with van der Waals surface area (Å²) in [5, 5.41) is 2.90. The van der Waals surface area contributed by atoms with Gasteiger partial charge in [-0.2, -0.15) is 21.4 Å². The smallest absolute Gasteiger partial charge is 0.264 e. The van der Waals surface area contributed by atoms with Crippen molar-refractivity contribution < 1.29 is 39.7 Å². The monoisotopic (exact) mass is 759 g/mol. The molecule has 0 amide bonds. The van der Waals surface area contributed by atoms with E-state index in [0.717, 1.165) is 54.0 Å². The summed E-state index contributed by atoms with van der Waals surface area (Å²) >= 11 is 1.65. The van der Waals surface area contributed by atoms with E-state index >= 15 is 0 Å². The van der Waals surface area contributed by atoms with Crippen LogP contribution in [0.1, 0.15) is 44.0 Å². The molecule has 0 aliphatic carbocycles. The fourth-order valence-electron chi connectivity index (χ4n) is 6.58. The second kappa shape index (κ2) is 14.8. The van der Waals surface area contributed by atoms with Crippen molar-refractivity contribution >= 4 is 75.5 Å². The van der Waals surface area contributed by atoms with Crippen molar-refractivity contribution in [2.24, 2.45) is 0 Å². The molecule has 52 heavy (non-hydrogen) atoms. The first-order valence-electron chi connectivity index (χ1n) is 17.2. The molecule has 0 bridgehead atoms. The number of aromatic nitrogens is 1. The van der Waals surface area contributed by atoms with Crippen molar-refractivity contribution in [1.29, 1.82) is 0 Å². The van der Waals surface area contributed by atoms with Gasteiger partial charge in [0.15, 0.2) is 12.3 Å². The van der Waals surface area contributed by atoms with E-state index in [0.29, 0.717) is 56.0 Å². The average molecular weight is 760 g/mol. The van der Waals surface area contributed by atoms with Crippen molar-refractivity contribution in [3.63, 3.8) is 0 Å². The predicted molar refractivity (Wildman–Crippen MR) is 207 cm³/mol. The highest BCUT2D eigenvalue weighted by Gasteiger charge is 2.29. The van der Waals surface area contributed by atoms with Gasteiger partial charge in [0.1, 0.15) is 15.9 Å². The molecule has 7 rings (SSSR count). The summed E-state index contributed by atoms with van der Waals surface area (Å²) < 4.78 is 80.4. The Hall–Kier alpha value is -4.53. The van der Waals surface area contributed by atoms with E-state index in [9.17, 15) is 25.9 Å². The number of nitrogens with zero attached hydrogens (tertiary/aromatic N) is 2. The Bertz CT molecular complexity index is 2550. The zero-order chi connectivity index (χ0) is 36.5. The molecule has 0 atom stereocenters. The van der Waals surface area contributed by atoms with E-state index < -0.39 is 20.2 Å². The summed E-state index contributed by atoms with van der Waals surface area (Å²) in [7, 11) is -8.13. The normalized spacial score (nSPS) is 14.6. The lowest BCUT2D eigenvalue weighted by atomic mass is 10.1. The van der Waals surface area contributed by atoms with Crippen LogP contribution in [0.2, 0.25) is 0 Å². The molecule has 6 aromatic rings. The van der Waals surface area contributed by atoms with Gasteiger partial charge in [0, 0.05) is 48.0 Å². The van der Waals surface area contributed by atoms with Crippen LogP contribution in [0, 0.1) is 0 Å². The van der Waals surface area contributed by atoms with Crippen LogP contribution in [0.25, 0.3) is 49.4 Å². The lowest BCUT2D eigenvalue weighted by Crippen LogP contribution is -2.35. The van der Waals surface area contributed by atoms with E-state index in [1.807, 2.05) is 65.6 Å². The molecule has 2 aromatic heterocycles. The minimum absolute atomic E-state index is 0.283. The van der Waals surface area contributed by atoms with Gasteiger partial charge in [-0.25, -0.2) is 0 Å². The molecule has 0 saturated carbocycles. The van der Waals surface area contributed by atoms with Crippen LogP contribution in [-0.2, 0) is 26.8 Å². The van der Waals surface area contributed by atoms with Crippen LogP contribution in [0.3, 0.4) is 0 Å². The third kappa shape index (κ3) is 8.08. The van der Waals surface area contributed by atoms with Crippen molar-refractivity contribution in [2.45, 2.75) is 45.6 Å². The molecule has 0 fully saturated rings. The summed E-state index contributed by atoms with van der Waals surface area (Å²) in [4.78, 5) is 2.02. The summed E-state index contributed by atoms with van der Waals surface area (Å²) in [5.74, 6) is 0.651. The van der Waals surface area contributed by atoms with E-state index in [-0.39, 0.29) is 17.9 Å². The molecular weight excluding hydrogens is 721 g/mol. The second-order valence-corrected chi connectivity index (χ2v) is 17.1. The molecule has 270 valence electrons. The first-order chi connectivity index (χ1) is 25.0. The molecule has 2 N–H and O–H groups in total. The van der Waals surface area contributed by atoms with Gasteiger partial charge in [0.25, 0.3) is 25.2 Å². The Balaban J connectivity index is 1.26. The van der Waals surface area contributed by atoms with Crippen LogP contribution >= 0.6 is 11.3 Å². The third-order valence-electron chi connectivity index (χ3n) is 9.16. The van der Waals surface area contributed by atoms with Crippen molar-refractivity contribution in [3.8, 4) is 16.9 Å². The van der Waals surface area contributed by atoms with Gasteiger partial charge in [-0.1, -0.05) is 72.9 Å². The highest BCUT2D eigenvalue weighted by molar-refractivity contribution is 7.86. The van der Waals surface area contributed by atoms with Crippen molar-refractivity contribution in [3.05, 3.63) is 107 Å². The Morgan fingerprint density at radius 2 is 1.54 bits per heavy atom. The molecule has 0 saturated heterocycles. The lowest BCUT2D eigenvalue weighted by Gasteiger charge is -2.18. The van der Waals surface area contributed by atoms with Crippen LogP contribution in [0.15, 0.2) is 107 Å². The quantitative estimate of drug-likeness (QED) is 0.0635. The molecule has 0 radical (unpaired) electrons. The van der Waals surface area contributed by atoms with Gasteiger partial charge >= 0.3 is 0 Å². The minimum atomic E-state index is -4.08. The van der Waals surface area contributed by atoms with E-state index in [1.54, 1.807) is 11.3 Å². The lowest BCUT2D eigenvalue weighted by molar-refractivity contribution is -0.669. The zero-order valence-electron chi connectivity index (χ0n) is 28.6. The van der Waals surface area contributed by atoms with Crippen LogP contribution in [0.4, 0.5) is 5.69 Å². The molecule has 4 aromatic carbocycles. The Kier molecular flexibility index (Phi) is 10.2. The Labute approximate surface area is 306 Å². The SMILES string of the molecule is CCC(=Cc1sc2ccc(-c3ccccc3)cc2[n+]1CCCCS(=O)(=O)O)C=C1Oc2cc3c(cc2N1CCCCS(=O)(=O)O)oc1ccccc13. The maximum atomic E-state index is 11.4. The number of hydrogen-bond donors (Lipinski definition) is 2. The zero-order valence-corrected chi connectivity index (χ0v) is 31.0. The van der Waals surface area contributed by atoms with Crippen molar-refractivity contribution in [1.82, 2.24) is 0 Å². The van der Waals surface area contributed by atoms with E-state index in [4.69, 9.17) is 9.15 Å². The van der Waals surface area contributed by atoms with Gasteiger partial charge in [-0.3, -0.25) is 9.11 Å². The van der Waals surface area contributed by atoms with Gasteiger partial charge in [0.05, 0.1) is 17.2 Å². The number of fused-ring (bicyclic) bond motifs is 5. The molecular formula is C39H39N2O8S3+. The van der Waals surface area contributed by atoms with Crippen molar-refractivity contribution in [2.75, 3.05) is 23.0 Å². The van der Waals surface area contributed by atoms with Gasteiger partial charge < -0.3 is 14.1 Å². The first-order valence-corrected chi connectivity index (χ1v) is 21.2. The average Bonchev–Trinajstić information content (AvgIpc) is 3.76. The fraction of sp³-hybridized carbons (Fsp3) is 0.256. The predicted octanol–water partition coefficient (Wildman–Crippen LogP) is 8.63. The Morgan fingerprint density at radius 1 is 0.808 bits per heavy atom. The number of ether oxygens (including phenoxy) is 1. The van der Waals surface area contributed by atoms with E-state index in [2.05, 4.69) is 47.9 Å². The van der Waals surface area contributed by atoms with Gasteiger partial charge in [-0.05, 0) is 60.6 Å². The number of allylic oxidation sites excluding steroid dienone is 2. The number of aryl methyl sites for hydroxylation is 1. The first kappa shape index (κ1) is 35.9. The molecule has 13 heteroatoms. The highest BCUT2D eigenvalue weighted by atomic mass is 32.2. The number of rotatable bonds is 14. The molecule has 3 heterocycles. The number of hydrogen-bond acceptors (Lipinski definition) is 8. The molecule has 0 spiro atoms. The summed E-state index contributed by atoms with van der Waals surface area (Å²) in [6, 6.07) is 28.3. The number of thiazole rings is 1. The number of anilines is 1. The van der Waals surface area contributed by atoms with Gasteiger partial charge in [0.2, 0.25) is 11.4 Å². The highest BCUT2D eigenvalue weighted by Crippen LogP contribution is 2.45. The van der Waals surface area contributed by atoms with E-state index in [1.165, 1.54) is 0 Å². The fourth-order valence-corrected chi connectivity index (χ4v) is 8.86. The standard InChI is InChI=1S/C39H38N2O8S3/c1-2-27(23-39-41(19-9-11-21-52(45,46)47)33-24-29(16-17-37(33)50-39)28-12-4-3-5-13-28)22-38-40(18-8-10-20-51(42,43)44)32-26-35-31(25-36(32)49-38)30-14-6-7-15-34(30)48-35/h3-7,12-17,22-26H,2,8-11,18-21H2,1H3,(H-,42,43,44,45,46,47)/p+1. The van der Waals surface area contributed by atoms with Crippen LogP contribution in [0.5, 0.6) is 5.75 Å². The number of unbranched alkanes of at least 4 members (excludes halogenated alkanes) is 2. The summed E-state index contributed by atoms with van der Waals surface area (Å²) in [6.07, 6.45) is 6.47. The van der Waals surface area contributed by atoms with Crippen LogP contribution < -0.4 is 14.2 Å². The molecule has 10 nitrogen and oxygen atoms in total. The largest absolute Gasteiger partial charge is 0.456 e. The third-order valence-corrected chi connectivity index (χ3v) is 11.9.